The van der Waals surface area contributed by atoms with Gasteiger partial charge < -0.3 is 0 Å². The fourth-order valence-corrected chi connectivity index (χ4v) is 2.81. The van der Waals surface area contributed by atoms with Gasteiger partial charge in [0.1, 0.15) is 0 Å². The van der Waals surface area contributed by atoms with Crippen LogP contribution in [0.1, 0.15) is 19.4 Å². The van der Waals surface area contributed by atoms with E-state index >= 15 is 0 Å². The first-order valence-corrected chi connectivity index (χ1v) is 8.06. The van der Waals surface area contributed by atoms with Crippen LogP contribution in [0, 0.1) is 0 Å². The molecule has 0 spiro atoms. The van der Waals surface area contributed by atoms with Crippen molar-refractivity contribution in [3.63, 3.8) is 0 Å². The molecule has 0 aliphatic heterocycles. The predicted molar refractivity (Wildman–Crippen MR) is 79.6 cm³/mol. The van der Waals surface area contributed by atoms with Crippen LogP contribution >= 0.6 is 0 Å². The standard InChI is InChI=1S/C16H18O2S/c1-13(2)19(17,18)12-14-8-10-16(11-9-14)15-6-4-3-5-7-15/h3-11,13H,12H2,1-2H3. The van der Waals surface area contributed by atoms with Crippen LogP contribution in [0.15, 0.2) is 54.6 Å². The van der Waals surface area contributed by atoms with Crippen LogP contribution in [0.3, 0.4) is 0 Å². The number of benzene rings is 2. The molecule has 19 heavy (non-hydrogen) atoms. The average Bonchev–Trinajstić information content (AvgIpc) is 2.40. The van der Waals surface area contributed by atoms with Crippen molar-refractivity contribution >= 4 is 9.84 Å². The molecule has 2 rings (SSSR count). The molecule has 0 unspecified atom stereocenters. The maximum atomic E-state index is 11.9. The SMILES string of the molecule is CC(C)S(=O)(=O)Cc1ccc(-c2ccccc2)cc1. The van der Waals surface area contributed by atoms with E-state index in [1.165, 1.54) is 0 Å². The van der Waals surface area contributed by atoms with Crippen LogP contribution in [0.25, 0.3) is 11.1 Å². The molecule has 0 aromatic heterocycles. The van der Waals surface area contributed by atoms with Crippen LogP contribution in [0.4, 0.5) is 0 Å². The Labute approximate surface area is 115 Å². The minimum absolute atomic E-state index is 0.111. The summed E-state index contributed by atoms with van der Waals surface area (Å²) in [6.07, 6.45) is 0. The second-order valence-electron chi connectivity index (χ2n) is 4.92. The van der Waals surface area contributed by atoms with Gasteiger partial charge in [0.15, 0.2) is 9.84 Å². The first-order valence-electron chi connectivity index (χ1n) is 6.35. The molecule has 0 radical (unpaired) electrons. The Kier molecular flexibility index (Phi) is 4.05. The molecular formula is C16H18O2S. The topological polar surface area (TPSA) is 34.1 Å². The summed E-state index contributed by atoms with van der Waals surface area (Å²) in [6.45, 7) is 3.43. The minimum Gasteiger partial charge on any atom is -0.228 e. The van der Waals surface area contributed by atoms with Crippen molar-refractivity contribution in [2.75, 3.05) is 0 Å². The summed E-state index contributed by atoms with van der Waals surface area (Å²) in [7, 11) is -3.03. The van der Waals surface area contributed by atoms with Gasteiger partial charge in [0.25, 0.3) is 0 Å². The van der Waals surface area contributed by atoms with Gasteiger partial charge in [-0.2, -0.15) is 0 Å². The molecule has 0 heterocycles. The lowest BCUT2D eigenvalue weighted by atomic mass is 10.0. The van der Waals surface area contributed by atoms with Crippen LogP contribution in [0.2, 0.25) is 0 Å². The Morgan fingerprint density at radius 2 is 1.37 bits per heavy atom. The summed E-state index contributed by atoms with van der Waals surface area (Å²) in [6, 6.07) is 17.8. The number of sulfone groups is 1. The number of rotatable bonds is 4. The summed E-state index contributed by atoms with van der Waals surface area (Å²) in [4.78, 5) is 0. The molecule has 0 aliphatic carbocycles. The van der Waals surface area contributed by atoms with Gasteiger partial charge in [-0.25, -0.2) is 8.42 Å². The largest absolute Gasteiger partial charge is 0.228 e. The second kappa shape index (κ2) is 5.57. The highest BCUT2D eigenvalue weighted by Crippen LogP contribution is 2.20. The maximum Gasteiger partial charge on any atom is 0.156 e. The molecule has 100 valence electrons. The molecule has 0 atom stereocenters. The molecule has 2 aromatic rings. The van der Waals surface area contributed by atoms with E-state index in [-0.39, 0.29) is 11.0 Å². The zero-order valence-electron chi connectivity index (χ0n) is 11.2. The van der Waals surface area contributed by atoms with E-state index in [9.17, 15) is 8.42 Å². The smallest absolute Gasteiger partial charge is 0.156 e. The van der Waals surface area contributed by atoms with Crippen LogP contribution in [-0.4, -0.2) is 13.7 Å². The third kappa shape index (κ3) is 3.44. The van der Waals surface area contributed by atoms with Crippen molar-refractivity contribution in [1.29, 1.82) is 0 Å². The van der Waals surface area contributed by atoms with Gasteiger partial charge >= 0.3 is 0 Å². The minimum atomic E-state index is -3.03. The predicted octanol–water partition coefficient (Wildman–Crippen LogP) is 3.68. The molecular weight excluding hydrogens is 256 g/mol. The number of hydrogen-bond donors (Lipinski definition) is 0. The Hall–Kier alpha value is -1.61. The molecule has 0 fully saturated rings. The summed E-state index contributed by atoms with van der Waals surface area (Å²) in [5.41, 5.74) is 3.08. The summed E-state index contributed by atoms with van der Waals surface area (Å²) >= 11 is 0. The zero-order chi connectivity index (χ0) is 13.9. The lowest BCUT2D eigenvalue weighted by Crippen LogP contribution is -2.15. The van der Waals surface area contributed by atoms with Gasteiger partial charge in [-0.3, -0.25) is 0 Å². The van der Waals surface area contributed by atoms with Crippen molar-refractivity contribution in [1.82, 2.24) is 0 Å². The Morgan fingerprint density at radius 1 is 0.842 bits per heavy atom. The fourth-order valence-electron chi connectivity index (χ4n) is 1.82. The van der Waals surface area contributed by atoms with Crippen molar-refractivity contribution < 1.29 is 8.42 Å². The third-order valence-electron chi connectivity index (χ3n) is 3.15. The highest BCUT2D eigenvalue weighted by Gasteiger charge is 2.16. The van der Waals surface area contributed by atoms with Gasteiger partial charge in [-0.1, -0.05) is 54.6 Å². The van der Waals surface area contributed by atoms with Crippen molar-refractivity contribution in [2.45, 2.75) is 24.9 Å². The molecule has 2 aromatic carbocycles. The van der Waals surface area contributed by atoms with Crippen molar-refractivity contribution in [3.8, 4) is 11.1 Å². The van der Waals surface area contributed by atoms with Crippen molar-refractivity contribution in [3.05, 3.63) is 60.2 Å². The molecule has 0 bridgehead atoms. The Bertz CT molecular complexity index is 626. The highest BCUT2D eigenvalue weighted by atomic mass is 32.2. The second-order valence-corrected chi connectivity index (χ2v) is 7.48. The molecule has 0 aliphatic rings. The monoisotopic (exact) mass is 274 g/mol. The van der Waals surface area contributed by atoms with Gasteiger partial charge in [0.2, 0.25) is 0 Å². The highest BCUT2D eigenvalue weighted by molar-refractivity contribution is 7.91. The van der Waals surface area contributed by atoms with E-state index < -0.39 is 9.84 Å². The molecule has 0 saturated carbocycles. The first-order chi connectivity index (χ1) is 8.99. The van der Waals surface area contributed by atoms with Crippen LogP contribution < -0.4 is 0 Å². The Morgan fingerprint density at radius 3 is 1.89 bits per heavy atom. The normalized spacial score (nSPS) is 11.7. The van der Waals surface area contributed by atoms with E-state index in [1.54, 1.807) is 13.8 Å². The van der Waals surface area contributed by atoms with E-state index in [4.69, 9.17) is 0 Å². The molecule has 0 N–H and O–H groups in total. The van der Waals surface area contributed by atoms with E-state index in [1.807, 2.05) is 54.6 Å². The van der Waals surface area contributed by atoms with E-state index in [0.29, 0.717) is 0 Å². The van der Waals surface area contributed by atoms with Gasteiger partial charge in [-0.05, 0) is 30.5 Å². The maximum absolute atomic E-state index is 11.9. The van der Waals surface area contributed by atoms with Gasteiger partial charge in [0.05, 0.1) is 11.0 Å². The molecule has 0 saturated heterocycles. The quantitative estimate of drug-likeness (QED) is 0.852. The van der Waals surface area contributed by atoms with Gasteiger partial charge in [0, 0.05) is 0 Å². The molecule has 2 nitrogen and oxygen atoms in total. The first kappa shape index (κ1) is 13.8. The summed E-state index contributed by atoms with van der Waals surface area (Å²) in [5.74, 6) is 0.111. The van der Waals surface area contributed by atoms with E-state index in [2.05, 4.69) is 0 Å². The third-order valence-corrected chi connectivity index (χ3v) is 5.32. The molecule has 0 amide bonds. The fraction of sp³-hybridized carbons (Fsp3) is 0.250. The zero-order valence-corrected chi connectivity index (χ0v) is 12.0. The Balaban J connectivity index is 2.21. The lowest BCUT2D eigenvalue weighted by Gasteiger charge is -2.08. The summed E-state index contributed by atoms with van der Waals surface area (Å²) < 4.78 is 23.7. The number of hydrogen-bond acceptors (Lipinski definition) is 2. The van der Waals surface area contributed by atoms with Gasteiger partial charge in [-0.15, -0.1) is 0 Å². The van der Waals surface area contributed by atoms with Crippen LogP contribution in [-0.2, 0) is 15.6 Å². The van der Waals surface area contributed by atoms with Crippen molar-refractivity contribution in [2.24, 2.45) is 0 Å². The van der Waals surface area contributed by atoms with Crippen LogP contribution in [0.5, 0.6) is 0 Å². The van der Waals surface area contributed by atoms with E-state index in [0.717, 1.165) is 16.7 Å². The molecule has 3 heteroatoms. The average molecular weight is 274 g/mol. The summed E-state index contributed by atoms with van der Waals surface area (Å²) in [5, 5.41) is -0.332. The lowest BCUT2D eigenvalue weighted by molar-refractivity contribution is 0.586.